The molecule has 0 unspecified atom stereocenters. The van der Waals surface area contributed by atoms with Gasteiger partial charge in [0.15, 0.2) is 0 Å². The van der Waals surface area contributed by atoms with Gasteiger partial charge in [-0.3, -0.25) is 0 Å². The summed E-state index contributed by atoms with van der Waals surface area (Å²) < 4.78 is 13.9. The summed E-state index contributed by atoms with van der Waals surface area (Å²) in [6.45, 7) is 0.673. The lowest BCUT2D eigenvalue weighted by atomic mass is 10.2. The summed E-state index contributed by atoms with van der Waals surface area (Å²) in [6, 6.07) is 6.85. The lowest BCUT2D eigenvalue weighted by Crippen LogP contribution is -2.18. The minimum absolute atomic E-state index is 0.209. The molecule has 0 amide bonds. The molecular formula is C13H13FN2S2. The first-order chi connectivity index (χ1) is 8.58. The predicted molar refractivity (Wildman–Crippen MR) is 78.7 cm³/mol. The van der Waals surface area contributed by atoms with E-state index >= 15 is 0 Å². The van der Waals surface area contributed by atoms with E-state index in [2.05, 4.69) is 5.38 Å². The minimum Gasteiger partial charge on any atom is -0.389 e. The van der Waals surface area contributed by atoms with Gasteiger partial charge in [0.25, 0.3) is 0 Å². The Hall–Kier alpha value is -1.46. The van der Waals surface area contributed by atoms with Crippen molar-refractivity contribution in [3.63, 3.8) is 0 Å². The van der Waals surface area contributed by atoms with Gasteiger partial charge in [-0.25, -0.2) is 4.39 Å². The average molecular weight is 280 g/mol. The number of nitrogens with zero attached hydrogens (tertiary/aromatic N) is 1. The highest BCUT2D eigenvalue weighted by molar-refractivity contribution is 7.80. The molecule has 1 heterocycles. The van der Waals surface area contributed by atoms with Crippen molar-refractivity contribution in [2.45, 2.75) is 6.54 Å². The zero-order chi connectivity index (χ0) is 13.1. The lowest BCUT2D eigenvalue weighted by molar-refractivity contribution is 0.622. The van der Waals surface area contributed by atoms with Gasteiger partial charge in [-0.2, -0.15) is 11.3 Å². The number of thiocarbonyl (C=S) groups is 1. The molecule has 0 aliphatic carbocycles. The molecular weight excluding hydrogens is 267 g/mol. The normalized spacial score (nSPS) is 10.3. The number of anilines is 1. The molecule has 5 heteroatoms. The van der Waals surface area contributed by atoms with Crippen LogP contribution < -0.4 is 10.6 Å². The smallest absolute Gasteiger partial charge is 0.147 e. The molecule has 1 aromatic carbocycles. The van der Waals surface area contributed by atoms with Gasteiger partial charge >= 0.3 is 0 Å². The molecule has 94 valence electrons. The maximum absolute atomic E-state index is 13.9. The van der Waals surface area contributed by atoms with E-state index in [1.807, 2.05) is 23.4 Å². The monoisotopic (exact) mass is 280 g/mol. The van der Waals surface area contributed by atoms with Crippen molar-refractivity contribution in [3.05, 3.63) is 52.0 Å². The molecule has 0 saturated heterocycles. The van der Waals surface area contributed by atoms with Crippen LogP contribution >= 0.6 is 23.6 Å². The maximum atomic E-state index is 13.9. The number of halogens is 1. The molecule has 1 aromatic heterocycles. The van der Waals surface area contributed by atoms with Crippen LogP contribution in [0, 0.1) is 5.82 Å². The third-order valence-electron chi connectivity index (χ3n) is 2.64. The van der Waals surface area contributed by atoms with Crippen LogP contribution in [0.2, 0.25) is 0 Å². The van der Waals surface area contributed by atoms with Crippen molar-refractivity contribution in [1.29, 1.82) is 0 Å². The molecule has 0 atom stereocenters. The fraction of sp³-hybridized carbons (Fsp3) is 0.154. The molecule has 2 aromatic rings. The number of nitrogens with two attached hydrogens (primary N) is 1. The lowest BCUT2D eigenvalue weighted by Gasteiger charge is -2.19. The van der Waals surface area contributed by atoms with Crippen LogP contribution in [-0.4, -0.2) is 12.0 Å². The number of rotatable bonds is 4. The predicted octanol–water partition coefficient (Wildman–Crippen LogP) is 3.16. The Labute approximate surface area is 115 Å². The summed E-state index contributed by atoms with van der Waals surface area (Å²) in [7, 11) is 1.86. The van der Waals surface area contributed by atoms with Crippen LogP contribution in [0.15, 0.2) is 35.0 Å². The zero-order valence-electron chi connectivity index (χ0n) is 9.89. The standard InChI is InChI=1S/C13H13FN2S2/c1-16(7-9-4-5-18-8-9)12-3-2-10(13(15)17)6-11(12)14/h2-6,8H,7H2,1H3,(H2,15,17). The molecule has 0 radical (unpaired) electrons. The minimum atomic E-state index is -0.307. The first-order valence-electron chi connectivity index (χ1n) is 5.39. The summed E-state index contributed by atoms with van der Waals surface area (Å²) >= 11 is 6.46. The van der Waals surface area contributed by atoms with Gasteiger partial charge < -0.3 is 10.6 Å². The van der Waals surface area contributed by atoms with E-state index in [1.54, 1.807) is 23.5 Å². The van der Waals surface area contributed by atoms with Gasteiger partial charge in [0, 0.05) is 19.2 Å². The summed E-state index contributed by atoms with van der Waals surface area (Å²) in [5, 5.41) is 4.06. The van der Waals surface area contributed by atoms with Crippen molar-refractivity contribution in [1.82, 2.24) is 0 Å². The topological polar surface area (TPSA) is 29.3 Å². The van der Waals surface area contributed by atoms with Crippen LogP contribution in [0.1, 0.15) is 11.1 Å². The van der Waals surface area contributed by atoms with Crippen LogP contribution in [-0.2, 0) is 6.54 Å². The van der Waals surface area contributed by atoms with Crippen LogP contribution in [0.5, 0.6) is 0 Å². The second kappa shape index (κ2) is 5.46. The fourth-order valence-electron chi connectivity index (χ4n) is 1.71. The third-order valence-corrected chi connectivity index (χ3v) is 3.61. The molecule has 0 saturated carbocycles. The number of benzene rings is 1. The number of thiophene rings is 1. The molecule has 2 nitrogen and oxygen atoms in total. The van der Waals surface area contributed by atoms with Gasteiger partial charge in [-0.15, -0.1) is 0 Å². The van der Waals surface area contributed by atoms with Crippen molar-refractivity contribution in [2.75, 3.05) is 11.9 Å². The summed E-state index contributed by atoms with van der Waals surface area (Å²) in [5.41, 5.74) is 7.73. The molecule has 18 heavy (non-hydrogen) atoms. The Morgan fingerprint density at radius 1 is 1.44 bits per heavy atom. The van der Waals surface area contributed by atoms with Crippen LogP contribution in [0.4, 0.5) is 10.1 Å². The van der Waals surface area contributed by atoms with Gasteiger partial charge in [0.2, 0.25) is 0 Å². The van der Waals surface area contributed by atoms with Crippen LogP contribution in [0.25, 0.3) is 0 Å². The van der Waals surface area contributed by atoms with E-state index in [4.69, 9.17) is 18.0 Å². The molecule has 0 fully saturated rings. The number of hydrogen-bond donors (Lipinski definition) is 1. The molecule has 0 bridgehead atoms. The first kappa shape index (κ1) is 13.0. The van der Waals surface area contributed by atoms with Gasteiger partial charge in [0.1, 0.15) is 10.8 Å². The van der Waals surface area contributed by atoms with Crippen molar-refractivity contribution < 1.29 is 4.39 Å². The summed E-state index contributed by atoms with van der Waals surface area (Å²) in [5.74, 6) is -0.307. The highest BCUT2D eigenvalue weighted by Crippen LogP contribution is 2.21. The fourth-order valence-corrected chi connectivity index (χ4v) is 2.50. The maximum Gasteiger partial charge on any atom is 0.147 e. The Balaban J connectivity index is 2.20. The largest absolute Gasteiger partial charge is 0.389 e. The highest BCUT2D eigenvalue weighted by Gasteiger charge is 2.10. The molecule has 0 spiro atoms. The van der Waals surface area contributed by atoms with E-state index in [9.17, 15) is 4.39 Å². The van der Waals surface area contributed by atoms with E-state index in [0.717, 1.165) is 0 Å². The Morgan fingerprint density at radius 2 is 2.22 bits per heavy atom. The Kier molecular flexibility index (Phi) is 3.93. The SMILES string of the molecule is CN(Cc1ccsc1)c1ccc(C(N)=S)cc1F. The van der Waals surface area contributed by atoms with E-state index in [1.165, 1.54) is 11.6 Å². The van der Waals surface area contributed by atoms with Crippen molar-refractivity contribution in [3.8, 4) is 0 Å². The van der Waals surface area contributed by atoms with Crippen molar-refractivity contribution >= 4 is 34.2 Å². The Bertz CT molecular complexity index is 552. The van der Waals surface area contributed by atoms with Crippen molar-refractivity contribution in [2.24, 2.45) is 5.73 Å². The third kappa shape index (κ3) is 2.86. The van der Waals surface area contributed by atoms with Gasteiger partial charge in [0.05, 0.1) is 5.69 Å². The summed E-state index contributed by atoms with van der Waals surface area (Å²) in [4.78, 5) is 2.07. The van der Waals surface area contributed by atoms with E-state index < -0.39 is 0 Å². The molecule has 2 rings (SSSR count). The Morgan fingerprint density at radius 3 is 2.78 bits per heavy atom. The molecule has 2 N–H and O–H groups in total. The summed E-state index contributed by atoms with van der Waals surface area (Å²) in [6.07, 6.45) is 0. The van der Waals surface area contributed by atoms with Crippen LogP contribution in [0.3, 0.4) is 0 Å². The second-order valence-electron chi connectivity index (χ2n) is 4.02. The van der Waals surface area contributed by atoms with E-state index in [-0.39, 0.29) is 10.8 Å². The quantitative estimate of drug-likeness (QED) is 0.872. The number of hydrogen-bond acceptors (Lipinski definition) is 3. The molecule has 0 aliphatic rings. The first-order valence-corrected chi connectivity index (χ1v) is 6.74. The molecule has 0 aliphatic heterocycles. The second-order valence-corrected chi connectivity index (χ2v) is 5.24. The average Bonchev–Trinajstić information content (AvgIpc) is 2.81. The zero-order valence-corrected chi connectivity index (χ0v) is 11.5. The van der Waals surface area contributed by atoms with Gasteiger partial charge in [-0.05, 0) is 40.6 Å². The van der Waals surface area contributed by atoms with Gasteiger partial charge in [-0.1, -0.05) is 12.2 Å². The highest BCUT2D eigenvalue weighted by atomic mass is 32.1. The van der Waals surface area contributed by atoms with E-state index in [0.29, 0.717) is 17.8 Å².